The number of para-hydroxylation sites is 1. The van der Waals surface area contributed by atoms with Crippen LogP contribution >= 0.6 is 0 Å². The Bertz CT molecular complexity index is 1070. The zero-order valence-corrected chi connectivity index (χ0v) is 15.8. The summed E-state index contributed by atoms with van der Waals surface area (Å²) < 4.78 is 11.7. The van der Waals surface area contributed by atoms with Gasteiger partial charge in [-0.2, -0.15) is 0 Å². The van der Waals surface area contributed by atoms with Crippen LogP contribution in [0.4, 0.5) is 0 Å². The van der Waals surface area contributed by atoms with Crippen molar-refractivity contribution < 1.29 is 9.47 Å². The number of hydrogen-bond acceptors (Lipinski definition) is 3. The average Bonchev–Trinajstić information content (AvgIpc) is 3.11. The molecule has 4 heteroatoms. The van der Waals surface area contributed by atoms with Gasteiger partial charge >= 0.3 is 0 Å². The number of fused-ring (bicyclic) bond motifs is 5. The summed E-state index contributed by atoms with van der Waals surface area (Å²) in [6.07, 6.45) is 3.61. The molecule has 3 heterocycles. The number of hydrogen-bond donors (Lipinski definition) is 1. The number of benzene rings is 2. The van der Waals surface area contributed by atoms with Gasteiger partial charge in [-0.25, -0.2) is 0 Å². The van der Waals surface area contributed by atoms with E-state index in [2.05, 4.69) is 40.2 Å². The maximum Gasteiger partial charge on any atom is 0.170 e. The highest BCUT2D eigenvalue weighted by molar-refractivity contribution is 5.96. The third-order valence-electron chi connectivity index (χ3n) is 6.86. The maximum absolute atomic E-state index is 5.92. The molecule has 1 aromatic heterocycles. The molecular formula is C23H24N2O2. The van der Waals surface area contributed by atoms with E-state index in [1.807, 2.05) is 0 Å². The second-order valence-corrected chi connectivity index (χ2v) is 8.00. The van der Waals surface area contributed by atoms with Crippen LogP contribution in [0, 0.1) is 0 Å². The van der Waals surface area contributed by atoms with E-state index >= 15 is 0 Å². The second-order valence-electron chi connectivity index (χ2n) is 8.00. The molecule has 4 nitrogen and oxygen atoms in total. The van der Waals surface area contributed by atoms with Crippen LogP contribution in [-0.2, 0) is 6.42 Å². The summed E-state index contributed by atoms with van der Waals surface area (Å²) in [7, 11) is 3.50. The van der Waals surface area contributed by atoms with Crippen molar-refractivity contribution in [1.82, 2.24) is 9.88 Å². The molecule has 0 spiro atoms. The fourth-order valence-electron chi connectivity index (χ4n) is 5.87. The smallest absolute Gasteiger partial charge is 0.170 e. The number of aromatic nitrogens is 1. The lowest BCUT2D eigenvalue weighted by Gasteiger charge is -2.48. The standard InChI is InChI=1S/C23H24N2O2/c1-26-17-12-13-9-11-25-10-5-7-15-19-14-6-3-4-8-16(14)24-21(19)20(23(17)27-2)18(13)22(15)25/h3-4,6,8,12,15,22,24H,5,7,9-11H2,1-2H3/t15-,22-/m0/s1. The maximum atomic E-state index is 5.92. The van der Waals surface area contributed by atoms with Crippen molar-refractivity contribution in [2.45, 2.75) is 31.2 Å². The van der Waals surface area contributed by atoms with E-state index in [9.17, 15) is 0 Å². The third-order valence-corrected chi connectivity index (χ3v) is 6.86. The van der Waals surface area contributed by atoms with Crippen LogP contribution in [0.25, 0.3) is 22.2 Å². The Hall–Kier alpha value is -2.46. The number of piperidine rings is 1. The lowest BCUT2D eigenvalue weighted by molar-refractivity contribution is 0.115. The van der Waals surface area contributed by atoms with Crippen LogP contribution in [0.1, 0.15) is 41.5 Å². The molecule has 138 valence electrons. The van der Waals surface area contributed by atoms with Crippen molar-refractivity contribution >= 4 is 10.9 Å². The molecule has 2 aliphatic heterocycles. The minimum Gasteiger partial charge on any atom is -0.493 e. The summed E-state index contributed by atoms with van der Waals surface area (Å²) in [5.41, 5.74) is 8.07. The summed E-state index contributed by atoms with van der Waals surface area (Å²) in [6, 6.07) is 11.4. The molecule has 0 amide bonds. The van der Waals surface area contributed by atoms with Gasteiger partial charge in [0.1, 0.15) is 0 Å². The molecule has 1 saturated heterocycles. The number of aromatic amines is 1. The topological polar surface area (TPSA) is 37.5 Å². The highest BCUT2D eigenvalue weighted by Crippen LogP contribution is 2.59. The molecule has 6 rings (SSSR count). The Morgan fingerprint density at radius 2 is 1.96 bits per heavy atom. The van der Waals surface area contributed by atoms with Crippen molar-refractivity contribution in [3.63, 3.8) is 0 Å². The molecule has 3 aromatic rings. The molecule has 1 aliphatic carbocycles. The Morgan fingerprint density at radius 1 is 1.07 bits per heavy atom. The SMILES string of the molecule is COc1cc2c3c(c1OC)-c1[nH]c4ccccc4c1[C@@H]1CCCN(CC2)[C@H]31. The Kier molecular flexibility index (Phi) is 3.19. The van der Waals surface area contributed by atoms with Gasteiger partial charge in [0.05, 0.1) is 19.9 Å². The largest absolute Gasteiger partial charge is 0.493 e. The van der Waals surface area contributed by atoms with Gasteiger partial charge in [0.2, 0.25) is 0 Å². The van der Waals surface area contributed by atoms with E-state index in [1.54, 1.807) is 14.2 Å². The Balaban J connectivity index is 1.77. The number of H-pyrrole nitrogens is 1. The van der Waals surface area contributed by atoms with Crippen molar-refractivity contribution in [1.29, 1.82) is 0 Å². The van der Waals surface area contributed by atoms with Crippen molar-refractivity contribution in [3.05, 3.63) is 47.0 Å². The summed E-state index contributed by atoms with van der Waals surface area (Å²) in [4.78, 5) is 6.45. The van der Waals surface area contributed by atoms with E-state index in [1.165, 1.54) is 58.2 Å². The summed E-state index contributed by atoms with van der Waals surface area (Å²) in [5.74, 6) is 2.27. The van der Waals surface area contributed by atoms with Gasteiger partial charge in [0.15, 0.2) is 11.5 Å². The number of methoxy groups -OCH3 is 2. The van der Waals surface area contributed by atoms with E-state index in [-0.39, 0.29) is 0 Å². The molecule has 0 bridgehead atoms. The predicted molar refractivity (Wildman–Crippen MR) is 107 cm³/mol. The first-order valence-electron chi connectivity index (χ1n) is 9.94. The first kappa shape index (κ1) is 15.6. The molecule has 1 N–H and O–H groups in total. The lowest BCUT2D eigenvalue weighted by Crippen LogP contribution is -2.44. The van der Waals surface area contributed by atoms with Gasteiger partial charge in [-0.3, -0.25) is 4.90 Å². The predicted octanol–water partition coefficient (Wildman–Crippen LogP) is 4.64. The minimum atomic E-state index is 0.462. The summed E-state index contributed by atoms with van der Waals surface area (Å²) in [5, 5.41) is 1.36. The second kappa shape index (κ2) is 5.52. The zero-order valence-electron chi connectivity index (χ0n) is 15.8. The Labute approximate surface area is 159 Å². The Morgan fingerprint density at radius 3 is 2.81 bits per heavy atom. The van der Waals surface area contributed by atoms with Crippen molar-refractivity contribution in [2.24, 2.45) is 0 Å². The monoisotopic (exact) mass is 360 g/mol. The molecule has 0 saturated carbocycles. The molecule has 2 atom stereocenters. The third kappa shape index (κ3) is 1.91. The van der Waals surface area contributed by atoms with E-state index in [4.69, 9.17) is 9.47 Å². The van der Waals surface area contributed by atoms with Crippen molar-refractivity contribution in [2.75, 3.05) is 27.3 Å². The highest BCUT2D eigenvalue weighted by Gasteiger charge is 2.45. The van der Waals surface area contributed by atoms with Crippen molar-refractivity contribution in [3.8, 4) is 22.8 Å². The van der Waals surface area contributed by atoms with Crippen LogP contribution in [0.15, 0.2) is 30.3 Å². The fourth-order valence-corrected chi connectivity index (χ4v) is 5.87. The van der Waals surface area contributed by atoms with Crippen LogP contribution in [-0.4, -0.2) is 37.2 Å². The summed E-state index contributed by atoms with van der Waals surface area (Å²) in [6.45, 7) is 2.34. The molecule has 27 heavy (non-hydrogen) atoms. The lowest BCUT2D eigenvalue weighted by atomic mass is 9.69. The van der Waals surface area contributed by atoms with Gasteiger partial charge in [0.25, 0.3) is 0 Å². The molecule has 1 fully saturated rings. The van der Waals surface area contributed by atoms with E-state index in [0.29, 0.717) is 12.0 Å². The van der Waals surface area contributed by atoms with Gasteiger partial charge in [-0.05, 0) is 54.6 Å². The first-order valence-corrected chi connectivity index (χ1v) is 9.94. The van der Waals surface area contributed by atoms with E-state index in [0.717, 1.165) is 24.5 Å². The van der Waals surface area contributed by atoms with Gasteiger partial charge in [0, 0.05) is 35.0 Å². The number of nitrogens with zero attached hydrogens (tertiary/aromatic N) is 1. The average molecular weight is 360 g/mol. The molecule has 0 unspecified atom stereocenters. The van der Waals surface area contributed by atoms with E-state index < -0.39 is 0 Å². The van der Waals surface area contributed by atoms with Gasteiger partial charge in [-0.15, -0.1) is 0 Å². The van der Waals surface area contributed by atoms with Crippen LogP contribution in [0.3, 0.4) is 0 Å². The van der Waals surface area contributed by atoms with Crippen LogP contribution in [0.5, 0.6) is 11.5 Å². The molecular weight excluding hydrogens is 336 g/mol. The van der Waals surface area contributed by atoms with Crippen LogP contribution in [0.2, 0.25) is 0 Å². The van der Waals surface area contributed by atoms with Crippen LogP contribution < -0.4 is 9.47 Å². The molecule has 3 aliphatic rings. The fraction of sp³-hybridized carbons (Fsp3) is 0.391. The molecule has 2 aromatic carbocycles. The summed E-state index contributed by atoms with van der Waals surface area (Å²) >= 11 is 0. The first-order chi connectivity index (χ1) is 13.3. The van der Waals surface area contributed by atoms with Gasteiger partial charge < -0.3 is 14.5 Å². The number of rotatable bonds is 2. The molecule has 0 radical (unpaired) electrons. The highest BCUT2D eigenvalue weighted by atomic mass is 16.5. The normalized spacial score (nSPS) is 23.0. The quantitative estimate of drug-likeness (QED) is 0.723. The number of ether oxygens (including phenoxy) is 2. The minimum absolute atomic E-state index is 0.462. The van der Waals surface area contributed by atoms with Gasteiger partial charge in [-0.1, -0.05) is 18.2 Å². The number of nitrogens with one attached hydrogen (secondary N) is 1. The zero-order chi connectivity index (χ0) is 18.1.